The Labute approximate surface area is 91.6 Å². The summed E-state index contributed by atoms with van der Waals surface area (Å²) in [6.45, 7) is 3.35. The van der Waals surface area contributed by atoms with Crippen molar-refractivity contribution in [3.05, 3.63) is 35.9 Å². The fourth-order valence-electron chi connectivity index (χ4n) is 1.94. The van der Waals surface area contributed by atoms with Gasteiger partial charge in [-0.15, -0.1) is 0 Å². The van der Waals surface area contributed by atoms with Crippen molar-refractivity contribution in [2.75, 3.05) is 13.1 Å². The van der Waals surface area contributed by atoms with Crippen molar-refractivity contribution in [3.63, 3.8) is 0 Å². The van der Waals surface area contributed by atoms with Gasteiger partial charge in [0.05, 0.1) is 13.1 Å². The molecule has 2 heteroatoms. The summed E-state index contributed by atoms with van der Waals surface area (Å²) in [5.74, 6) is 0. The zero-order valence-corrected chi connectivity index (χ0v) is 9.15. The van der Waals surface area contributed by atoms with Crippen LogP contribution in [-0.2, 0) is 6.54 Å². The van der Waals surface area contributed by atoms with Crippen molar-refractivity contribution < 1.29 is 4.58 Å². The maximum absolute atomic E-state index is 3.37. The second-order valence-electron chi connectivity index (χ2n) is 4.09. The van der Waals surface area contributed by atoms with Gasteiger partial charge in [-0.05, 0) is 24.8 Å². The highest BCUT2D eigenvalue weighted by atomic mass is 15.1. The van der Waals surface area contributed by atoms with Gasteiger partial charge in [-0.2, -0.15) is 0 Å². The molecule has 0 spiro atoms. The summed E-state index contributed by atoms with van der Waals surface area (Å²) < 4.78 is 2.38. The Morgan fingerprint density at radius 1 is 1.07 bits per heavy atom. The van der Waals surface area contributed by atoms with E-state index >= 15 is 0 Å². The molecule has 0 saturated carbocycles. The van der Waals surface area contributed by atoms with E-state index in [0.717, 1.165) is 6.54 Å². The predicted molar refractivity (Wildman–Crippen MR) is 63.2 cm³/mol. The molecule has 0 radical (unpaired) electrons. The van der Waals surface area contributed by atoms with Crippen molar-refractivity contribution >= 4 is 6.34 Å². The van der Waals surface area contributed by atoms with Crippen LogP contribution in [0.15, 0.2) is 30.3 Å². The molecule has 0 aromatic heterocycles. The minimum absolute atomic E-state index is 0.928. The monoisotopic (exact) mass is 203 g/mol. The van der Waals surface area contributed by atoms with Gasteiger partial charge < -0.3 is 0 Å². The van der Waals surface area contributed by atoms with Gasteiger partial charge in [0.1, 0.15) is 6.54 Å². The van der Waals surface area contributed by atoms with Crippen molar-refractivity contribution in [2.45, 2.75) is 25.8 Å². The van der Waals surface area contributed by atoms with E-state index in [1.807, 2.05) is 0 Å². The molecule has 0 amide bonds. The van der Waals surface area contributed by atoms with Crippen LogP contribution in [0.5, 0.6) is 0 Å². The van der Waals surface area contributed by atoms with Gasteiger partial charge in [0, 0.05) is 0 Å². The zero-order chi connectivity index (χ0) is 10.3. The molecule has 1 fully saturated rings. The summed E-state index contributed by atoms with van der Waals surface area (Å²) in [6, 6.07) is 10.5. The largest absolute Gasteiger partial charge is 0.277 e. The van der Waals surface area contributed by atoms with Crippen LogP contribution < -0.4 is 5.32 Å². The standard InChI is InChI=1S/C13H18N2/c1-3-7-13(8-4-1)11-14-12-15-9-5-2-6-10-15/h1,3-4,7-8,12H,2,5-6,9-11H2/p+1. The molecule has 0 atom stereocenters. The molecular weight excluding hydrogens is 184 g/mol. The van der Waals surface area contributed by atoms with E-state index in [9.17, 15) is 0 Å². The molecule has 1 aromatic rings. The SMILES string of the molecule is C(NCc1ccccc1)=[N+]1CCCCC1. The third kappa shape index (κ3) is 3.39. The lowest BCUT2D eigenvalue weighted by Gasteiger charge is -2.12. The highest BCUT2D eigenvalue weighted by molar-refractivity contribution is 5.48. The smallest absolute Gasteiger partial charge is 0.232 e. The third-order valence-corrected chi connectivity index (χ3v) is 2.81. The Bertz CT molecular complexity index is 309. The van der Waals surface area contributed by atoms with Gasteiger partial charge in [0.2, 0.25) is 6.34 Å². The Hall–Kier alpha value is -1.31. The van der Waals surface area contributed by atoms with Crippen molar-refractivity contribution in [2.24, 2.45) is 0 Å². The van der Waals surface area contributed by atoms with Crippen LogP contribution >= 0.6 is 0 Å². The fraction of sp³-hybridized carbons (Fsp3) is 0.462. The molecule has 2 nitrogen and oxygen atoms in total. The van der Waals surface area contributed by atoms with Crippen LogP contribution in [0, 0.1) is 0 Å². The first kappa shape index (κ1) is 10.2. The quantitative estimate of drug-likeness (QED) is 0.586. The number of benzene rings is 1. The van der Waals surface area contributed by atoms with Crippen molar-refractivity contribution in [1.29, 1.82) is 0 Å². The van der Waals surface area contributed by atoms with E-state index in [1.165, 1.54) is 37.9 Å². The Kier molecular flexibility index (Phi) is 3.77. The van der Waals surface area contributed by atoms with E-state index in [0.29, 0.717) is 0 Å². The van der Waals surface area contributed by atoms with E-state index < -0.39 is 0 Å². The summed E-state index contributed by atoms with van der Waals surface area (Å²) in [6.07, 6.45) is 6.21. The molecule has 0 unspecified atom stereocenters. The molecule has 15 heavy (non-hydrogen) atoms. The van der Waals surface area contributed by atoms with Crippen LogP contribution in [0.3, 0.4) is 0 Å². The zero-order valence-electron chi connectivity index (χ0n) is 9.15. The first-order valence-corrected chi connectivity index (χ1v) is 5.80. The van der Waals surface area contributed by atoms with Gasteiger partial charge in [-0.25, -0.2) is 0 Å². The summed E-state index contributed by atoms with van der Waals surface area (Å²) in [5.41, 5.74) is 1.34. The van der Waals surface area contributed by atoms with Crippen molar-refractivity contribution in [3.8, 4) is 0 Å². The number of piperidine rings is 1. The average molecular weight is 203 g/mol. The topological polar surface area (TPSA) is 15.0 Å². The fourth-order valence-corrected chi connectivity index (χ4v) is 1.94. The molecule has 0 bridgehead atoms. The second kappa shape index (κ2) is 5.54. The maximum Gasteiger partial charge on any atom is 0.232 e. The Morgan fingerprint density at radius 3 is 2.53 bits per heavy atom. The lowest BCUT2D eigenvalue weighted by Crippen LogP contribution is -2.27. The Morgan fingerprint density at radius 2 is 1.80 bits per heavy atom. The Balaban J connectivity index is 1.78. The van der Waals surface area contributed by atoms with Gasteiger partial charge in [0.15, 0.2) is 0 Å². The van der Waals surface area contributed by atoms with Gasteiger partial charge >= 0.3 is 0 Å². The van der Waals surface area contributed by atoms with Crippen LogP contribution in [0.2, 0.25) is 0 Å². The van der Waals surface area contributed by atoms with Gasteiger partial charge in [-0.3, -0.25) is 9.89 Å². The van der Waals surface area contributed by atoms with Crippen molar-refractivity contribution in [1.82, 2.24) is 5.32 Å². The normalized spacial score (nSPS) is 16.1. The maximum atomic E-state index is 3.37. The molecule has 80 valence electrons. The molecule has 1 saturated heterocycles. The second-order valence-corrected chi connectivity index (χ2v) is 4.09. The molecular formula is C13H19N2+. The lowest BCUT2D eigenvalue weighted by molar-refractivity contribution is -0.534. The highest BCUT2D eigenvalue weighted by Gasteiger charge is 2.06. The van der Waals surface area contributed by atoms with Crippen LogP contribution in [0.1, 0.15) is 24.8 Å². The third-order valence-electron chi connectivity index (χ3n) is 2.81. The number of hydrogen-bond acceptors (Lipinski definition) is 0. The molecule has 1 aliphatic rings. The van der Waals surface area contributed by atoms with Gasteiger partial charge in [0.25, 0.3) is 0 Å². The molecule has 1 aliphatic heterocycles. The van der Waals surface area contributed by atoms with Crippen LogP contribution in [0.4, 0.5) is 0 Å². The summed E-state index contributed by atoms with van der Waals surface area (Å²) in [5, 5.41) is 3.37. The van der Waals surface area contributed by atoms with E-state index in [1.54, 1.807) is 0 Å². The number of nitrogens with zero attached hydrogens (tertiary/aromatic N) is 1. The molecule has 2 rings (SSSR count). The molecule has 1 N–H and O–H groups in total. The summed E-state index contributed by atoms with van der Waals surface area (Å²) >= 11 is 0. The lowest BCUT2D eigenvalue weighted by atomic mass is 10.2. The molecule has 0 aliphatic carbocycles. The summed E-state index contributed by atoms with van der Waals surface area (Å²) in [7, 11) is 0. The number of hydrogen-bond donors (Lipinski definition) is 1. The minimum atomic E-state index is 0.928. The minimum Gasteiger partial charge on any atom is -0.277 e. The number of nitrogens with one attached hydrogen (secondary N) is 1. The van der Waals surface area contributed by atoms with E-state index in [-0.39, 0.29) is 0 Å². The highest BCUT2D eigenvalue weighted by Crippen LogP contribution is 2.02. The molecule has 1 heterocycles. The first-order chi connectivity index (χ1) is 7.45. The first-order valence-electron chi connectivity index (χ1n) is 5.80. The predicted octanol–water partition coefficient (Wildman–Crippen LogP) is 2.00. The van der Waals surface area contributed by atoms with Crippen LogP contribution in [0.25, 0.3) is 0 Å². The van der Waals surface area contributed by atoms with Gasteiger partial charge in [-0.1, -0.05) is 30.3 Å². The summed E-state index contributed by atoms with van der Waals surface area (Å²) in [4.78, 5) is 0. The molecule has 1 aromatic carbocycles. The van der Waals surface area contributed by atoms with E-state index in [4.69, 9.17) is 0 Å². The van der Waals surface area contributed by atoms with E-state index in [2.05, 4.69) is 46.6 Å². The average Bonchev–Trinajstić information content (AvgIpc) is 2.32. The van der Waals surface area contributed by atoms with Crippen LogP contribution in [-0.4, -0.2) is 24.0 Å². The number of rotatable bonds is 3.